The number of hydrogen-bond donors (Lipinski definition) is 0. The minimum absolute atomic E-state index is 0.0772. The van der Waals surface area contributed by atoms with E-state index in [4.69, 9.17) is 11.6 Å². The topological polar surface area (TPSA) is 63.5 Å². The summed E-state index contributed by atoms with van der Waals surface area (Å²) in [6.07, 6.45) is 1.98. The van der Waals surface area contributed by atoms with Crippen molar-refractivity contribution in [3.63, 3.8) is 0 Å². The number of nitrogens with zero attached hydrogens (tertiary/aromatic N) is 2. The number of carbonyl (C=O) groups is 1. The van der Waals surface area contributed by atoms with Gasteiger partial charge in [-0.15, -0.1) is 0 Å². The predicted molar refractivity (Wildman–Crippen MR) is 67.8 cm³/mol. The number of halogens is 1. The van der Waals surface area contributed by atoms with Crippen LogP contribution in [0.25, 0.3) is 0 Å². The van der Waals surface area contributed by atoms with Crippen molar-refractivity contribution in [2.24, 2.45) is 0 Å². The molecule has 18 heavy (non-hydrogen) atoms. The Morgan fingerprint density at radius 1 is 1.56 bits per heavy atom. The molecule has 0 atom stereocenters. The fraction of sp³-hybridized carbons (Fsp3) is 0.417. The van der Waals surface area contributed by atoms with Gasteiger partial charge in [0.15, 0.2) is 0 Å². The molecule has 0 unspecified atom stereocenters. The molecular formula is C12H13ClN2O3. The zero-order valence-electron chi connectivity index (χ0n) is 9.93. The fourth-order valence-corrected chi connectivity index (χ4v) is 2.21. The Morgan fingerprint density at radius 2 is 2.22 bits per heavy atom. The minimum Gasteiger partial charge on any atom is -0.336 e. The van der Waals surface area contributed by atoms with Gasteiger partial charge in [0.1, 0.15) is 5.02 Å². The van der Waals surface area contributed by atoms with Crippen molar-refractivity contribution in [3.8, 4) is 0 Å². The summed E-state index contributed by atoms with van der Waals surface area (Å²) < 4.78 is 0. The third kappa shape index (κ3) is 2.31. The molecule has 2 rings (SSSR count). The van der Waals surface area contributed by atoms with Crippen LogP contribution in [0.5, 0.6) is 0 Å². The number of carbonyl (C=O) groups excluding carboxylic acids is 1. The maximum atomic E-state index is 12.3. The van der Waals surface area contributed by atoms with Gasteiger partial charge in [-0.25, -0.2) is 0 Å². The summed E-state index contributed by atoms with van der Waals surface area (Å²) in [5.41, 5.74) is -0.0195. The van der Waals surface area contributed by atoms with Crippen LogP contribution in [0.15, 0.2) is 18.2 Å². The van der Waals surface area contributed by atoms with Crippen LogP contribution < -0.4 is 0 Å². The van der Waals surface area contributed by atoms with Crippen LogP contribution in [0.1, 0.15) is 30.1 Å². The highest BCUT2D eigenvalue weighted by molar-refractivity contribution is 6.35. The molecule has 1 fully saturated rings. The standard InChI is InChI=1S/C12H13ClN2O3/c1-2-14(8-6-7-8)12(16)9-4-3-5-10(11(9)13)15(17)18/h3-5,8H,2,6-7H2,1H3. The molecule has 0 saturated heterocycles. The largest absolute Gasteiger partial charge is 0.336 e. The second kappa shape index (κ2) is 4.94. The van der Waals surface area contributed by atoms with Gasteiger partial charge >= 0.3 is 0 Å². The third-order valence-electron chi connectivity index (χ3n) is 2.99. The molecule has 0 aliphatic heterocycles. The average Bonchev–Trinajstić information content (AvgIpc) is 3.14. The zero-order valence-corrected chi connectivity index (χ0v) is 10.7. The minimum atomic E-state index is -0.577. The molecular weight excluding hydrogens is 256 g/mol. The number of amides is 1. The maximum Gasteiger partial charge on any atom is 0.288 e. The van der Waals surface area contributed by atoms with Gasteiger partial charge in [0.05, 0.1) is 10.5 Å². The van der Waals surface area contributed by atoms with Gasteiger partial charge in [-0.05, 0) is 25.8 Å². The van der Waals surface area contributed by atoms with Crippen LogP contribution in [0.4, 0.5) is 5.69 Å². The molecule has 1 aliphatic carbocycles. The van der Waals surface area contributed by atoms with Crippen molar-refractivity contribution >= 4 is 23.2 Å². The van der Waals surface area contributed by atoms with Crippen molar-refractivity contribution in [1.82, 2.24) is 4.90 Å². The molecule has 5 nitrogen and oxygen atoms in total. The van der Waals surface area contributed by atoms with E-state index in [1.54, 1.807) is 4.90 Å². The Kier molecular flexibility index (Phi) is 3.52. The molecule has 1 amide bonds. The van der Waals surface area contributed by atoms with Gasteiger partial charge in [0.25, 0.3) is 11.6 Å². The highest BCUT2D eigenvalue weighted by Gasteiger charge is 2.33. The highest BCUT2D eigenvalue weighted by atomic mass is 35.5. The quantitative estimate of drug-likeness (QED) is 0.623. The second-order valence-corrected chi connectivity index (χ2v) is 4.60. The van der Waals surface area contributed by atoms with Gasteiger partial charge in [0, 0.05) is 18.7 Å². The molecule has 0 spiro atoms. The Balaban J connectivity index is 2.35. The summed E-state index contributed by atoms with van der Waals surface area (Å²) in [5.74, 6) is -0.228. The van der Waals surface area contributed by atoms with Crippen LogP contribution in [-0.4, -0.2) is 28.3 Å². The van der Waals surface area contributed by atoms with E-state index < -0.39 is 4.92 Å². The Bertz CT molecular complexity index is 500. The van der Waals surface area contributed by atoms with E-state index in [1.165, 1.54) is 18.2 Å². The molecule has 6 heteroatoms. The van der Waals surface area contributed by atoms with Gasteiger partial charge in [-0.1, -0.05) is 17.7 Å². The Labute approximate surface area is 109 Å². The number of hydrogen-bond acceptors (Lipinski definition) is 3. The van der Waals surface area contributed by atoms with Crippen LogP contribution >= 0.6 is 11.6 Å². The van der Waals surface area contributed by atoms with Crippen molar-refractivity contribution in [2.75, 3.05) is 6.54 Å². The first-order valence-corrected chi connectivity index (χ1v) is 6.18. The summed E-state index contributed by atoms with van der Waals surface area (Å²) >= 11 is 5.94. The first-order valence-electron chi connectivity index (χ1n) is 5.80. The molecule has 1 saturated carbocycles. The van der Waals surface area contributed by atoms with E-state index in [1.807, 2.05) is 6.92 Å². The molecule has 1 aliphatic rings. The monoisotopic (exact) mass is 268 g/mol. The summed E-state index contributed by atoms with van der Waals surface area (Å²) in [6, 6.07) is 4.57. The average molecular weight is 269 g/mol. The van der Waals surface area contributed by atoms with E-state index in [0.717, 1.165) is 12.8 Å². The van der Waals surface area contributed by atoms with Crippen molar-refractivity contribution in [1.29, 1.82) is 0 Å². The van der Waals surface area contributed by atoms with Crippen LogP contribution in [0, 0.1) is 10.1 Å². The lowest BCUT2D eigenvalue weighted by Gasteiger charge is -2.20. The third-order valence-corrected chi connectivity index (χ3v) is 3.39. The lowest BCUT2D eigenvalue weighted by atomic mass is 10.1. The van der Waals surface area contributed by atoms with E-state index in [2.05, 4.69) is 0 Å². The number of nitro groups is 1. The summed E-state index contributed by atoms with van der Waals surface area (Å²) in [4.78, 5) is 24.2. The predicted octanol–water partition coefficient (Wildman–Crippen LogP) is 2.87. The van der Waals surface area contributed by atoms with Gasteiger partial charge < -0.3 is 4.90 Å². The molecule has 0 bridgehead atoms. The highest BCUT2D eigenvalue weighted by Crippen LogP contribution is 2.32. The van der Waals surface area contributed by atoms with Gasteiger partial charge in [-0.3, -0.25) is 14.9 Å². The fourth-order valence-electron chi connectivity index (χ4n) is 1.93. The van der Waals surface area contributed by atoms with Crippen molar-refractivity contribution < 1.29 is 9.72 Å². The maximum absolute atomic E-state index is 12.3. The van der Waals surface area contributed by atoms with E-state index in [0.29, 0.717) is 6.54 Å². The summed E-state index contributed by atoms with van der Waals surface area (Å²) in [6.45, 7) is 2.48. The first-order chi connectivity index (χ1) is 8.56. The molecule has 1 aromatic rings. The number of benzene rings is 1. The Morgan fingerprint density at radius 3 is 2.72 bits per heavy atom. The number of rotatable bonds is 4. The zero-order chi connectivity index (χ0) is 13.3. The Hall–Kier alpha value is -1.62. The van der Waals surface area contributed by atoms with Crippen LogP contribution in [-0.2, 0) is 0 Å². The van der Waals surface area contributed by atoms with Crippen molar-refractivity contribution in [2.45, 2.75) is 25.8 Å². The van der Waals surface area contributed by atoms with Crippen molar-refractivity contribution in [3.05, 3.63) is 38.9 Å². The number of nitro benzene ring substituents is 1. The second-order valence-electron chi connectivity index (χ2n) is 4.22. The molecule has 0 heterocycles. The molecule has 1 aromatic carbocycles. The van der Waals surface area contributed by atoms with E-state index >= 15 is 0 Å². The molecule has 96 valence electrons. The van der Waals surface area contributed by atoms with Crippen LogP contribution in [0.3, 0.4) is 0 Å². The SMILES string of the molecule is CCN(C(=O)c1cccc([N+](=O)[O-])c1Cl)C1CC1. The summed E-state index contributed by atoms with van der Waals surface area (Å²) in [7, 11) is 0. The molecule has 0 aromatic heterocycles. The molecule has 0 radical (unpaired) electrons. The van der Waals surface area contributed by atoms with E-state index in [-0.39, 0.29) is 28.2 Å². The van der Waals surface area contributed by atoms with E-state index in [9.17, 15) is 14.9 Å². The lowest BCUT2D eigenvalue weighted by molar-refractivity contribution is -0.384. The summed E-state index contributed by atoms with van der Waals surface area (Å²) in [5, 5.41) is 10.7. The normalized spacial score (nSPS) is 14.3. The van der Waals surface area contributed by atoms with Crippen LogP contribution in [0.2, 0.25) is 5.02 Å². The smallest absolute Gasteiger partial charge is 0.288 e. The lowest BCUT2D eigenvalue weighted by Crippen LogP contribution is -2.33. The van der Waals surface area contributed by atoms with Gasteiger partial charge in [0.2, 0.25) is 0 Å². The van der Waals surface area contributed by atoms with Gasteiger partial charge in [-0.2, -0.15) is 0 Å². The molecule has 0 N–H and O–H groups in total. The first kappa shape index (κ1) is 12.8.